The molecule has 1 aromatic rings. The molecule has 0 radical (unpaired) electrons. The summed E-state index contributed by atoms with van der Waals surface area (Å²) in [7, 11) is 0. The van der Waals surface area contributed by atoms with E-state index in [0.717, 1.165) is 25.7 Å². The number of rotatable bonds is 13. The molecule has 4 nitrogen and oxygen atoms in total. The predicted molar refractivity (Wildman–Crippen MR) is 90.0 cm³/mol. The van der Waals surface area contributed by atoms with Crippen molar-refractivity contribution in [1.82, 2.24) is 0 Å². The van der Waals surface area contributed by atoms with E-state index in [4.69, 9.17) is 9.47 Å². The Balaban J connectivity index is 0.00000529. The summed E-state index contributed by atoms with van der Waals surface area (Å²) < 4.78 is 11.5. The average molecular weight is 344 g/mol. The summed E-state index contributed by atoms with van der Waals surface area (Å²) in [6.07, 6.45) is 8.95. The number of carbonyl (C=O) groups is 1. The first-order valence-corrected chi connectivity index (χ1v) is 8.80. The van der Waals surface area contributed by atoms with E-state index in [1.807, 2.05) is 0 Å². The van der Waals surface area contributed by atoms with Crippen LogP contribution in [0.2, 0.25) is 0 Å². The summed E-state index contributed by atoms with van der Waals surface area (Å²) in [5.74, 6) is -0.0870. The maximum atomic E-state index is 11.0. The van der Waals surface area contributed by atoms with Crippen LogP contribution in [0.1, 0.15) is 75.6 Å². The van der Waals surface area contributed by atoms with Gasteiger partial charge >= 0.3 is 29.6 Å². The monoisotopic (exact) mass is 344 g/mol. The number of hydrogen-bond acceptors (Lipinski definition) is 4. The minimum atomic E-state index is -1.20. The molecular formula is C19H29NaO4. The molecule has 0 heterocycles. The molecule has 0 aliphatic heterocycles. The van der Waals surface area contributed by atoms with Crippen LogP contribution in [-0.4, -0.2) is 19.2 Å². The second-order valence-corrected chi connectivity index (χ2v) is 5.77. The molecular weight excluding hydrogens is 315 g/mol. The van der Waals surface area contributed by atoms with Gasteiger partial charge in [-0.15, -0.1) is 0 Å². The van der Waals surface area contributed by atoms with Gasteiger partial charge in [-0.05, 0) is 31.0 Å². The van der Waals surface area contributed by atoms with Gasteiger partial charge in [0.25, 0.3) is 0 Å². The maximum absolute atomic E-state index is 11.0. The number of hydrogen-bond donors (Lipinski definition) is 0. The van der Waals surface area contributed by atoms with E-state index in [2.05, 4.69) is 13.8 Å². The van der Waals surface area contributed by atoms with Gasteiger partial charge in [-0.1, -0.05) is 52.4 Å². The van der Waals surface area contributed by atoms with Gasteiger partial charge in [0.15, 0.2) is 11.5 Å². The predicted octanol–water partition coefficient (Wildman–Crippen LogP) is 0.972. The minimum absolute atomic E-state index is 0. The third-order valence-corrected chi connectivity index (χ3v) is 3.69. The zero-order valence-electron chi connectivity index (χ0n) is 15.4. The summed E-state index contributed by atoms with van der Waals surface area (Å²) >= 11 is 0. The fourth-order valence-corrected chi connectivity index (χ4v) is 2.29. The van der Waals surface area contributed by atoms with Crippen LogP contribution in [-0.2, 0) is 0 Å². The number of carboxylic acid groups (broad SMARTS) is 1. The SMILES string of the molecule is CCCCCCOc1ccc(C(=O)[O-])cc1OCCCCCC.[Na+]. The van der Waals surface area contributed by atoms with Crippen LogP contribution in [0, 0.1) is 0 Å². The third-order valence-electron chi connectivity index (χ3n) is 3.69. The fraction of sp³-hybridized carbons (Fsp3) is 0.632. The molecule has 0 aliphatic rings. The van der Waals surface area contributed by atoms with E-state index in [1.165, 1.54) is 37.8 Å². The van der Waals surface area contributed by atoms with Crippen molar-refractivity contribution in [2.24, 2.45) is 0 Å². The zero-order chi connectivity index (χ0) is 16.9. The van der Waals surface area contributed by atoms with Crippen LogP contribution in [0.4, 0.5) is 0 Å². The Kier molecular flexibility index (Phi) is 14.2. The van der Waals surface area contributed by atoms with Crippen molar-refractivity contribution in [3.63, 3.8) is 0 Å². The van der Waals surface area contributed by atoms with Gasteiger partial charge in [-0.2, -0.15) is 0 Å². The molecule has 1 rings (SSSR count). The number of carboxylic acids is 1. The second-order valence-electron chi connectivity index (χ2n) is 5.77. The Morgan fingerprint density at radius 2 is 1.42 bits per heavy atom. The van der Waals surface area contributed by atoms with Gasteiger partial charge in [0.05, 0.1) is 19.2 Å². The van der Waals surface area contributed by atoms with Gasteiger partial charge in [-0.25, -0.2) is 0 Å². The number of ether oxygens (including phenoxy) is 2. The van der Waals surface area contributed by atoms with Crippen LogP contribution in [0.15, 0.2) is 18.2 Å². The molecule has 0 bridgehead atoms. The second kappa shape index (κ2) is 14.6. The van der Waals surface area contributed by atoms with Crippen LogP contribution < -0.4 is 44.1 Å². The van der Waals surface area contributed by atoms with Crippen molar-refractivity contribution < 1.29 is 48.9 Å². The summed E-state index contributed by atoms with van der Waals surface area (Å²) in [4.78, 5) is 11.0. The molecule has 1 aromatic carbocycles. The first-order valence-electron chi connectivity index (χ1n) is 8.80. The van der Waals surface area contributed by atoms with Gasteiger partial charge in [0.1, 0.15) is 0 Å². The molecule has 0 saturated carbocycles. The maximum Gasteiger partial charge on any atom is 1.00 e. The van der Waals surface area contributed by atoms with Crippen molar-refractivity contribution in [3.8, 4) is 11.5 Å². The summed E-state index contributed by atoms with van der Waals surface area (Å²) in [6.45, 7) is 5.53. The Morgan fingerprint density at radius 1 is 0.875 bits per heavy atom. The molecule has 0 spiro atoms. The smallest absolute Gasteiger partial charge is 0.545 e. The molecule has 0 atom stereocenters. The first kappa shape index (κ1) is 23.3. The molecule has 5 heteroatoms. The largest absolute Gasteiger partial charge is 1.00 e. The van der Waals surface area contributed by atoms with Crippen LogP contribution in [0.25, 0.3) is 0 Å². The van der Waals surface area contributed by atoms with E-state index in [0.29, 0.717) is 24.7 Å². The summed E-state index contributed by atoms with van der Waals surface area (Å²) in [5.41, 5.74) is 0.117. The Morgan fingerprint density at radius 3 is 1.92 bits per heavy atom. The Bertz CT molecular complexity index is 463. The molecule has 0 saturated heterocycles. The van der Waals surface area contributed by atoms with Crippen LogP contribution >= 0.6 is 0 Å². The summed E-state index contributed by atoms with van der Waals surface area (Å²) in [6, 6.07) is 4.66. The number of carbonyl (C=O) groups excluding carboxylic acids is 1. The Hall–Kier alpha value is -0.710. The van der Waals surface area contributed by atoms with Gasteiger partial charge in [-0.3, -0.25) is 0 Å². The first-order chi connectivity index (χ1) is 11.2. The van der Waals surface area contributed by atoms with Crippen molar-refractivity contribution in [2.45, 2.75) is 65.2 Å². The van der Waals surface area contributed by atoms with E-state index in [1.54, 1.807) is 6.07 Å². The van der Waals surface area contributed by atoms with E-state index < -0.39 is 5.97 Å². The van der Waals surface area contributed by atoms with E-state index in [9.17, 15) is 9.90 Å². The van der Waals surface area contributed by atoms with Crippen molar-refractivity contribution in [1.29, 1.82) is 0 Å². The molecule has 0 N–H and O–H groups in total. The van der Waals surface area contributed by atoms with Crippen molar-refractivity contribution >= 4 is 5.97 Å². The van der Waals surface area contributed by atoms with Crippen molar-refractivity contribution in [2.75, 3.05) is 13.2 Å². The quantitative estimate of drug-likeness (QED) is 0.395. The van der Waals surface area contributed by atoms with Gasteiger partial charge < -0.3 is 19.4 Å². The molecule has 0 unspecified atom stereocenters. The molecule has 0 aromatic heterocycles. The molecule has 130 valence electrons. The standard InChI is InChI=1S/C19H30O4.Na/c1-3-5-7-9-13-22-17-12-11-16(19(20)21)15-18(17)23-14-10-8-6-4-2;/h11-12,15H,3-10,13-14H2,1-2H3,(H,20,21);/q;+1/p-1. The average Bonchev–Trinajstić information content (AvgIpc) is 2.55. The number of unbranched alkanes of at least 4 members (excludes halogenated alkanes) is 6. The van der Waals surface area contributed by atoms with Gasteiger partial charge in [0.2, 0.25) is 0 Å². The van der Waals surface area contributed by atoms with Crippen LogP contribution in [0.5, 0.6) is 11.5 Å². The molecule has 0 aliphatic carbocycles. The van der Waals surface area contributed by atoms with Gasteiger partial charge in [0, 0.05) is 5.56 Å². The van der Waals surface area contributed by atoms with Crippen LogP contribution in [0.3, 0.4) is 0 Å². The van der Waals surface area contributed by atoms with E-state index >= 15 is 0 Å². The molecule has 0 amide bonds. The number of benzene rings is 1. The van der Waals surface area contributed by atoms with E-state index in [-0.39, 0.29) is 35.1 Å². The fourth-order valence-electron chi connectivity index (χ4n) is 2.29. The molecule has 24 heavy (non-hydrogen) atoms. The molecule has 0 fully saturated rings. The zero-order valence-corrected chi connectivity index (χ0v) is 17.4. The van der Waals surface area contributed by atoms with Crippen molar-refractivity contribution in [3.05, 3.63) is 23.8 Å². The topological polar surface area (TPSA) is 58.6 Å². The Labute approximate surface area is 168 Å². The normalized spacial score (nSPS) is 10.1. The number of aromatic carboxylic acids is 1. The minimum Gasteiger partial charge on any atom is -0.545 e. The third kappa shape index (κ3) is 9.55. The summed E-state index contributed by atoms with van der Waals surface area (Å²) in [5, 5.41) is 11.0.